The van der Waals surface area contributed by atoms with Gasteiger partial charge in [-0.3, -0.25) is 14.9 Å². The maximum atomic E-state index is 13.1. The van der Waals surface area contributed by atoms with Crippen molar-refractivity contribution in [2.75, 3.05) is 31.1 Å². The molecule has 3 aromatic rings. The zero-order valence-electron chi connectivity index (χ0n) is 19.8. The molecule has 184 valence electrons. The summed E-state index contributed by atoms with van der Waals surface area (Å²) in [6.07, 6.45) is 3.12. The van der Waals surface area contributed by atoms with Crippen molar-refractivity contribution in [3.63, 3.8) is 0 Å². The third-order valence-corrected chi connectivity index (χ3v) is 8.14. The number of anilines is 1. The van der Waals surface area contributed by atoms with Gasteiger partial charge in [-0.2, -0.15) is 4.31 Å². The van der Waals surface area contributed by atoms with Crippen molar-refractivity contribution < 1.29 is 18.1 Å². The fourth-order valence-electron chi connectivity index (χ4n) is 4.13. The molecule has 0 spiro atoms. The highest BCUT2D eigenvalue weighted by molar-refractivity contribution is 7.89. The number of hydrogen-bond donors (Lipinski definition) is 0. The molecular formula is C24H27N5O5S. The van der Waals surface area contributed by atoms with E-state index >= 15 is 0 Å². The first-order valence-electron chi connectivity index (χ1n) is 11.2. The number of nitro benzene ring substituents is 1. The molecule has 1 aromatic heterocycles. The van der Waals surface area contributed by atoms with Crippen molar-refractivity contribution in [3.8, 4) is 0 Å². The van der Waals surface area contributed by atoms with Crippen LogP contribution >= 0.6 is 0 Å². The number of hydrogen-bond acceptors (Lipinski definition) is 7. The van der Waals surface area contributed by atoms with Crippen LogP contribution in [0.3, 0.4) is 0 Å². The molecule has 1 saturated heterocycles. The zero-order valence-corrected chi connectivity index (χ0v) is 20.6. The first kappa shape index (κ1) is 24.6. The van der Waals surface area contributed by atoms with E-state index in [0.717, 1.165) is 5.56 Å². The maximum Gasteiger partial charge on any atom is 0.293 e. The Morgan fingerprint density at radius 1 is 1.06 bits per heavy atom. The molecule has 0 amide bonds. The van der Waals surface area contributed by atoms with E-state index < -0.39 is 20.7 Å². The molecular weight excluding hydrogens is 470 g/mol. The normalized spacial score (nSPS) is 14.9. The first-order valence-corrected chi connectivity index (χ1v) is 12.7. The van der Waals surface area contributed by atoms with Gasteiger partial charge in [-0.05, 0) is 35.7 Å². The van der Waals surface area contributed by atoms with Crippen LogP contribution < -0.4 is 4.90 Å². The smallest absolute Gasteiger partial charge is 0.293 e. The van der Waals surface area contributed by atoms with Gasteiger partial charge in [-0.15, -0.1) is 0 Å². The number of carbonyl (C=O) groups excluding carboxylic acids is 1. The monoisotopic (exact) mass is 497 g/mol. The molecule has 1 fully saturated rings. The van der Waals surface area contributed by atoms with Crippen LogP contribution in [0.25, 0.3) is 0 Å². The summed E-state index contributed by atoms with van der Waals surface area (Å²) in [4.78, 5) is 30.1. The lowest BCUT2D eigenvalue weighted by molar-refractivity contribution is -0.384. The van der Waals surface area contributed by atoms with E-state index in [1.54, 1.807) is 47.0 Å². The second kappa shape index (κ2) is 9.59. The topological polar surface area (TPSA) is 119 Å². The fraction of sp³-hybridized carbons (Fsp3) is 0.333. The van der Waals surface area contributed by atoms with Crippen LogP contribution in [0.4, 0.5) is 11.4 Å². The van der Waals surface area contributed by atoms with E-state index in [4.69, 9.17) is 0 Å². The van der Waals surface area contributed by atoms with Crippen LogP contribution in [-0.4, -0.2) is 59.2 Å². The van der Waals surface area contributed by atoms with Gasteiger partial charge in [0, 0.05) is 57.3 Å². The van der Waals surface area contributed by atoms with Gasteiger partial charge in [-0.1, -0.05) is 26.0 Å². The molecule has 2 aromatic carbocycles. The fourth-order valence-corrected chi connectivity index (χ4v) is 5.56. The van der Waals surface area contributed by atoms with E-state index in [1.165, 1.54) is 16.6 Å². The number of ketones is 1. The Morgan fingerprint density at radius 3 is 2.26 bits per heavy atom. The summed E-state index contributed by atoms with van der Waals surface area (Å²) < 4.78 is 29.2. The minimum absolute atomic E-state index is 0.167. The minimum atomic E-state index is -3.66. The lowest BCUT2D eigenvalue weighted by Gasteiger charge is -2.35. The maximum absolute atomic E-state index is 13.1. The number of aromatic nitrogens is 2. The van der Waals surface area contributed by atoms with Crippen LogP contribution in [-0.2, 0) is 17.1 Å². The average molecular weight is 498 g/mol. The van der Waals surface area contributed by atoms with Crippen LogP contribution in [0.2, 0.25) is 0 Å². The predicted octanol–water partition coefficient (Wildman–Crippen LogP) is 3.19. The highest BCUT2D eigenvalue weighted by atomic mass is 32.2. The molecule has 11 heteroatoms. The van der Waals surface area contributed by atoms with E-state index in [1.807, 2.05) is 26.0 Å². The van der Waals surface area contributed by atoms with Gasteiger partial charge in [0.25, 0.3) is 5.69 Å². The van der Waals surface area contributed by atoms with Crippen molar-refractivity contribution in [1.82, 2.24) is 13.9 Å². The third kappa shape index (κ3) is 4.82. The zero-order chi connectivity index (χ0) is 25.3. The predicted molar refractivity (Wildman–Crippen MR) is 131 cm³/mol. The number of sulfonamides is 1. The van der Waals surface area contributed by atoms with Gasteiger partial charge < -0.3 is 9.47 Å². The number of carbonyl (C=O) groups is 1. The number of rotatable bonds is 7. The van der Waals surface area contributed by atoms with Crippen LogP contribution in [0.5, 0.6) is 0 Å². The molecule has 0 radical (unpaired) electrons. The summed E-state index contributed by atoms with van der Waals surface area (Å²) in [7, 11) is -1.99. The summed E-state index contributed by atoms with van der Waals surface area (Å²) in [6.45, 7) is 5.05. The molecule has 0 saturated carbocycles. The molecule has 0 unspecified atom stereocenters. The Bertz CT molecular complexity index is 1360. The summed E-state index contributed by atoms with van der Waals surface area (Å²) in [6, 6.07) is 11.2. The van der Waals surface area contributed by atoms with Crippen molar-refractivity contribution in [3.05, 3.63) is 81.9 Å². The number of nitrogens with zero attached hydrogens (tertiary/aromatic N) is 5. The standard InChI is InChI=1S/C24H27N5O5S/c1-17(2)18-4-7-20(8-5-18)35(33,34)28-14-12-27(13-15-28)21-9-6-19(16-22(21)29(31)32)23(30)24-25-10-11-26(24)3/h4-11,16-17H,12-15H2,1-3H3. The Labute approximate surface area is 204 Å². The number of aryl methyl sites for hydroxylation is 1. The summed E-state index contributed by atoms with van der Waals surface area (Å²) in [5.74, 6) is 0.0790. The van der Waals surface area contributed by atoms with Crippen molar-refractivity contribution >= 4 is 27.2 Å². The lowest BCUT2D eigenvalue weighted by Crippen LogP contribution is -2.48. The molecule has 1 aliphatic rings. The Morgan fingerprint density at radius 2 is 1.71 bits per heavy atom. The largest absolute Gasteiger partial charge is 0.363 e. The second-order valence-electron chi connectivity index (χ2n) is 8.77. The van der Waals surface area contributed by atoms with Crippen molar-refractivity contribution in [2.24, 2.45) is 7.05 Å². The number of piperazine rings is 1. The van der Waals surface area contributed by atoms with Gasteiger partial charge in [0.05, 0.1) is 9.82 Å². The summed E-state index contributed by atoms with van der Waals surface area (Å²) in [5.41, 5.74) is 1.38. The van der Waals surface area contributed by atoms with Gasteiger partial charge in [0.2, 0.25) is 15.8 Å². The van der Waals surface area contributed by atoms with Crippen LogP contribution in [0.1, 0.15) is 41.5 Å². The summed E-state index contributed by atoms with van der Waals surface area (Å²) >= 11 is 0. The van der Waals surface area contributed by atoms with Gasteiger partial charge in [-0.25, -0.2) is 13.4 Å². The number of nitro groups is 1. The molecule has 35 heavy (non-hydrogen) atoms. The SMILES string of the molecule is CC(C)c1ccc(S(=O)(=O)N2CCN(c3ccc(C(=O)c4nccn4C)cc3[N+](=O)[O-])CC2)cc1. The van der Waals surface area contributed by atoms with E-state index in [-0.39, 0.29) is 48.1 Å². The molecule has 0 N–H and O–H groups in total. The quantitative estimate of drug-likeness (QED) is 0.279. The van der Waals surface area contributed by atoms with E-state index in [9.17, 15) is 23.3 Å². The molecule has 4 rings (SSSR count). The van der Waals surface area contributed by atoms with Gasteiger partial charge >= 0.3 is 0 Å². The van der Waals surface area contributed by atoms with Gasteiger partial charge in [0.15, 0.2) is 5.82 Å². The van der Waals surface area contributed by atoms with E-state index in [2.05, 4.69) is 4.98 Å². The molecule has 0 atom stereocenters. The highest BCUT2D eigenvalue weighted by Crippen LogP contribution is 2.31. The Hall–Kier alpha value is -3.57. The molecule has 0 bridgehead atoms. The number of benzene rings is 2. The molecule has 0 aliphatic carbocycles. The van der Waals surface area contributed by atoms with Crippen molar-refractivity contribution in [1.29, 1.82) is 0 Å². The molecule has 2 heterocycles. The second-order valence-corrected chi connectivity index (χ2v) is 10.7. The molecule has 10 nitrogen and oxygen atoms in total. The average Bonchev–Trinajstić information content (AvgIpc) is 3.29. The minimum Gasteiger partial charge on any atom is -0.363 e. The molecule has 1 aliphatic heterocycles. The highest BCUT2D eigenvalue weighted by Gasteiger charge is 2.31. The van der Waals surface area contributed by atoms with Crippen LogP contribution in [0, 0.1) is 10.1 Å². The number of imidazole rings is 1. The first-order chi connectivity index (χ1) is 16.6. The van der Waals surface area contributed by atoms with Crippen molar-refractivity contribution in [2.45, 2.75) is 24.7 Å². The Kier molecular flexibility index (Phi) is 6.73. The van der Waals surface area contributed by atoms with Crippen LogP contribution in [0.15, 0.2) is 59.8 Å². The van der Waals surface area contributed by atoms with E-state index in [0.29, 0.717) is 11.6 Å². The third-order valence-electron chi connectivity index (χ3n) is 6.22. The lowest BCUT2D eigenvalue weighted by atomic mass is 10.0. The van der Waals surface area contributed by atoms with Gasteiger partial charge in [0.1, 0.15) is 5.69 Å². The summed E-state index contributed by atoms with van der Waals surface area (Å²) in [5, 5.41) is 11.8. The Balaban J connectivity index is 1.52.